The summed E-state index contributed by atoms with van der Waals surface area (Å²) in [5.41, 5.74) is 4.84. The second-order valence-electron chi connectivity index (χ2n) is 8.60. The average molecular weight is 472 g/mol. The number of hydrogen-bond donors (Lipinski definition) is 1. The number of nitrogens with one attached hydrogen (secondary N) is 1. The lowest BCUT2D eigenvalue weighted by molar-refractivity contribution is 0.0949. The molecule has 7 heteroatoms. The Morgan fingerprint density at radius 2 is 1.74 bits per heavy atom. The standard InChI is InChI=1S/C27H29N5OS/c33-26(29-15-18-31-16-4-5-17-31)23-12-10-21(11-13-23)19-32-25-24(9-6-14-28-25)30-27(32)34-20-22-7-2-1-3-8-22/h1-3,6-14H,4-5,15-20H2,(H,29,33). The lowest BCUT2D eigenvalue weighted by Gasteiger charge is -2.14. The Hall–Kier alpha value is -3.16. The van der Waals surface area contributed by atoms with Crippen LogP contribution >= 0.6 is 11.8 Å². The van der Waals surface area contributed by atoms with Crippen LogP contribution < -0.4 is 5.32 Å². The molecule has 0 radical (unpaired) electrons. The second-order valence-corrected chi connectivity index (χ2v) is 9.55. The van der Waals surface area contributed by atoms with Crippen molar-refractivity contribution in [2.24, 2.45) is 0 Å². The van der Waals surface area contributed by atoms with Gasteiger partial charge in [0.1, 0.15) is 5.52 Å². The molecular weight excluding hydrogens is 442 g/mol. The van der Waals surface area contributed by atoms with E-state index in [4.69, 9.17) is 4.98 Å². The first kappa shape index (κ1) is 22.6. The molecule has 1 fully saturated rings. The zero-order valence-corrected chi connectivity index (χ0v) is 20.0. The number of imidazole rings is 1. The molecule has 2 aromatic heterocycles. The summed E-state index contributed by atoms with van der Waals surface area (Å²) in [6, 6.07) is 22.2. The van der Waals surface area contributed by atoms with Crippen LogP contribution in [-0.4, -0.2) is 51.5 Å². The molecule has 1 aliphatic heterocycles. The number of aromatic nitrogens is 3. The highest BCUT2D eigenvalue weighted by atomic mass is 32.2. The maximum atomic E-state index is 12.5. The van der Waals surface area contributed by atoms with Gasteiger partial charge in [-0.2, -0.15) is 0 Å². The number of rotatable bonds is 9. The van der Waals surface area contributed by atoms with Crippen LogP contribution in [-0.2, 0) is 12.3 Å². The van der Waals surface area contributed by atoms with E-state index < -0.39 is 0 Å². The molecule has 6 nitrogen and oxygen atoms in total. The van der Waals surface area contributed by atoms with E-state index in [-0.39, 0.29) is 5.91 Å². The van der Waals surface area contributed by atoms with Gasteiger partial charge < -0.3 is 10.2 Å². The van der Waals surface area contributed by atoms with Crippen molar-refractivity contribution in [2.45, 2.75) is 30.3 Å². The van der Waals surface area contributed by atoms with Crippen molar-refractivity contribution in [1.29, 1.82) is 0 Å². The van der Waals surface area contributed by atoms with Crippen molar-refractivity contribution in [3.63, 3.8) is 0 Å². The van der Waals surface area contributed by atoms with Crippen LogP contribution in [0.15, 0.2) is 78.1 Å². The summed E-state index contributed by atoms with van der Waals surface area (Å²) in [4.78, 5) is 24.4. The van der Waals surface area contributed by atoms with E-state index in [1.807, 2.05) is 48.7 Å². The van der Waals surface area contributed by atoms with Crippen LogP contribution in [0.5, 0.6) is 0 Å². The van der Waals surface area contributed by atoms with Crippen LogP contribution in [0.1, 0.15) is 34.3 Å². The summed E-state index contributed by atoms with van der Waals surface area (Å²) in [5, 5.41) is 3.99. The van der Waals surface area contributed by atoms with Crippen LogP contribution in [0.3, 0.4) is 0 Å². The first-order chi connectivity index (χ1) is 16.8. The van der Waals surface area contributed by atoms with Crippen molar-refractivity contribution in [1.82, 2.24) is 24.8 Å². The molecule has 1 aliphatic rings. The number of benzene rings is 2. The number of carbonyl (C=O) groups is 1. The highest BCUT2D eigenvalue weighted by Gasteiger charge is 2.14. The van der Waals surface area contributed by atoms with Crippen molar-refractivity contribution in [3.8, 4) is 0 Å². The van der Waals surface area contributed by atoms with E-state index in [0.717, 1.165) is 47.3 Å². The molecule has 0 aliphatic carbocycles. The fraction of sp³-hybridized carbons (Fsp3) is 0.296. The zero-order chi connectivity index (χ0) is 23.2. The number of carbonyl (C=O) groups excluding carboxylic acids is 1. The van der Waals surface area contributed by atoms with Gasteiger partial charge in [0.15, 0.2) is 10.8 Å². The zero-order valence-electron chi connectivity index (χ0n) is 19.2. The van der Waals surface area contributed by atoms with Crippen molar-refractivity contribution in [3.05, 3.63) is 89.6 Å². The van der Waals surface area contributed by atoms with Crippen LogP contribution in [0, 0.1) is 0 Å². The summed E-state index contributed by atoms with van der Waals surface area (Å²) >= 11 is 1.72. The third-order valence-corrected chi connectivity index (χ3v) is 7.20. The predicted octanol–water partition coefficient (Wildman–Crippen LogP) is 4.60. The summed E-state index contributed by atoms with van der Waals surface area (Å²) in [6.45, 7) is 4.56. The topological polar surface area (TPSA) is 63.1 Å². The molecule has 3 heterocycles. The molecule has 34 heavy (non-hydrogen) atoms. The fourth-order valence-electron chi connectivity index (χ4n) is 4.29. The first-order valence-corrected chi connectivity index (χ1v) is 12.8. The third-order valence-electron chi connectivity index (χ3n) is 6.15. The SMILES string of the molecule is O=C(NCCN1CCCC1)c1ccc(Cn2c(SCc3ccccc3)nc3cccnc32)cc1. The fourth-order valence-corrected chi connectivity index (χ4v) is 5.25. The van der Waals surface area contributed by atoms with Gasteiger partial charge in [0.25, 0.3) is 5.91 Å². The molecule has 174 valence electrons. The van der Waals surface area contributed by atoms with Crippen molar-refractivity contribution >= 4 is 28.8 Å². The van der Waals surface area contributed by atoms with Gasteiger partial charge in [0.05, 0.1) is 6.54 Å². The summed E-state index contributed by atoms with van der Waals surface area (Å²) in [5.74, 6) is 0.834. The molecule has 0 saturated carbocycles. The van der Waals surface area contributed by atoms with Gasteiger partial charge in [-0.05, 0) is 61.3 Å². The van der Waals surface area contributed by atoms with Gasteiger partial charge in [-0.3, -0.25) is 9.36 Å². The molecule has 0 spiro atoms. The number of fused-ring (bicyclic) bond motifs is 1. The minimum atomic E-state index is -0.0143. The third kappa shape index (κ3) is 5.48. The van der Waals surface area contributed by atoms with Crippen LogP contribution in [0.4, 0.5) is 0 Å². The van der Waals surface area contributed by atoms with E-state index in [0.29, 0.717) is 18.7 Å². The molecule has 0 unspecified atom stereocenters. The molecule has 4 aromatic rings. The molecule has 1 saturated heterocycles. The van der Waals surface area contributed by atoms with Crippen molar-refractivity contribution < 1.29 is 4.79 Å². The number of nitrogens with zero attached hydrogens (tertiary/aromatic N) is 4. The molecule has 1 N–H and O–H groups in total. The Kier molecular flexibility index (Phi) is 7.22. The van der Waals surface area contributed by atoms with Gasteiger partial charge in [-0.1, -0.05) is 54.2 Å². The van der Waals surface area contributed by atoms with E-state index in [2.05, 4.69) is 44.0 Å². The second kappa shape index (κ2) is 10.8. The van der Waals surface area contributed by atoms with Gasteiger partial charge in [-0.25, -0.2) is 9.97 Å². The lowest BCUT2D eigenvalue weighted by Crippen LogP contribution is -2.33. The Bertz CT molecular complexity index is 1230. The Morgan fingerprint density at radius 1 is 0.941 bits per heavy atom. The average Bonchev–Trinajstić information content (AvgIpc) is 3.52. The highest BCUT2D eigenvalue weighted by Crippen LogP contribution is 2.27. The number of thioether (sulfide) groups is 1. The monoisotopic (exact) mass is 471 g/mol. The summed E-state index contributed by atoms with van der Waals surface area (Å²) in [7, 11) is 0. The minimum absolute atomic E-state index is 0.0143. The quantitative estimate of drug-likeness (QED) is 0.362. The first-order valence-electron chi connectivity index (χ1n) is 11.8. The smallest absolute Gasteiger partial charge is 0.251 e. The predicted molar refractivity (Wildman–Crippen MR) is 137 cm³/mol. The maximum absolute atomic E-state index is 12.5. The van der Waals surface area contributed by atoms with Gasteiger partial charge in [-0.15, -0.1) is 0 Å². The number of amides is 1. The van der Waals surface area contributed by atoms with E-state index >= 15 is 0 Å². The molecular formula is C27H29N5OS. The van der Waals surface area contributed by atoms with E-state index in [1.165, 1.54) is 18.4 Å². The summed E-state index contributed by atoms with van der Waals surface area (Å²) in [6.07, 6.45) is 4.34. The highest BCUT2D eigenvalue weighted by molar-refractivity contribution is 7.98. The van der Waals surface area contributed by atoms with Crippen LogP contribution in [0.2, 0.25) is 0 Å². The maximum Gasteiger partial charge on any atom is 0.251 e. The number of hydrogen-bond acceptors (Lipinski definition) is 5. The van der Waals surface area contributed by atoms with Gasteiger partial charge in [0.2, 0.25) is 0 Å². The molecule has 0 bridgehead atoms. The minimum Gasteiger partial charge on any atom is -0.351 e. The number of pyridine rings is 1. The lowest BCUT2D eigenvalue weighted by atomic mass is 10.1. The summed E-state index contributed by atoms with van der Waals surface area (Å²) < 4.78 is 2.16. The van der Waals surface area contributed by atoms with Gasteiger partial charge in [0, 0.05) is 30.6 Å². The Balaban J connectivity index is 1.26. The normalized spacial score (nSPS) is 14.0. The largest absolute Gasteiger partial charge is 0.351 e. The molecule has 5 rings (SSSR count). The Labute approximate surface area is 204 Å². The van der Waals surface area contributed by atoms with Gasteiger partial charge >= 0.3 is 0 Å². The van der Waals surface area contributed by atoms with Crippen molar-refractivity contribution in [2.75, 3.05) is 26.2 Å². The molecule has 0 atom stereocenters. The van der Waals surface area contributed by atoms with E-state index in [1.54, 1.807) is 11.8 Å². The van der Waals surface area contributed by atoms with Crippen LogP contribution in [0.25, 0.3) is 11.2 Å². The van der Waals surface area contributed by atoms with E-state index in [9.17, 15) is 4.79 Å². The number of likely N-dealkylation sites (tertiary alicyclic amines) is 1. The molecule has 1 amide bonds. The molecule has 2 aromatic carbocycles. The Morgan fingerprint density at radius 3 is 2.53 bits per heavy atom.